The second-order valence-electron chi connectivity index (χ2n) is 5.46. The molecule has 16 heavy (non-hydrogen) atoms. The summed E-state index contributed by atoms with van der Waals surface area (Å²) in [7, 11) is 2.01. The van der Waals surface area contributed by atoms with Crippen molar-refractivity contribution < 1.29 is 0 Å². The maximum absolute atomic E-state index is 4.20. The predicted molar refractivity (Wildman–Crippen MR) is 68.4 cm³/mol. The Bertz CT molecular complexity index is 309. The van der Waals surface area contributed by atoms with Crippen LogP contribution in [0, 0.1) is 5.41 Å². The first kappa shape index (κ1) is 13.2. The summed E-state index contributed by atoms with van der Waals surface area (Å²) in [5.41, 5.74) is 1.63. The van der Waals surface area contributed by atoms with Gasteiger partial charge in [-0.25, -0.2) is 0 Å². The van der Waals surface area contributed by atoms with E-state index in [-0.39, 0.29) is 0 Å². The van der Waals surface area contributed by atoms with Crippen LogP contribution in [0.15, 0.2) is 12.3 Å². The molecule has 0 bridgehead atoms. The zero-order valence-corrected chi connectivity index (χ0v) is 11.2. The van der Waals surface area contributed by atoms with E-state index in [0.717, 1.165) is 19.4 Å². The molecule has 1 aromatic rings. The van der Waals surface area contributed by atoms with E-state index in [9.17, 15) is 0 Å². The highest BCUT2D eigenvalue weighted by Gasteiger charge is 2.23. The fraction of sp³-hybridized carbons (Fsp3) is 0.769. The van der Waals surface area contributed by atoms with Crippen molar-refractivity contribution >= 4 is 0 Å². The van der Waals surface area contributed by atoms with Crippen molar-refractivity contribution in [2.75, 3.05) is 6.54 Å². The Morgan fingerprint density at radius 3 is 2.56 bits per heavy atom. The van der Waals surface area contributed by atoms with Crippen LogP contribution in [0.3, 0.4) is 0 Å². The standard InChI is InChI=1S/C13H25N3/c1-6-14-12(13(2,3)4)8-7-11-9-10-15-16(11)5/h9-10,12,14H,6-8H2,1-5H3. The molecule has 0 radical (unpaired) electrons. The Hall–Kier alpha value is -0.830. The van der Waals surface area contributed by atoms with Gasteiger partial charge in [0.1, 0.15) is 0 Å². The van der Waals surface area contributed by atoms with Gasteiger partial charge in [0.05, 0.1) is 0 Å². The second kappa shape index (κ2) is 5.48. The number of hydrogen-bond donors (Lipinski definition) is 1. The third-order valence-electron chi connectivity index (χ3n) is 3.11. The molecule has 1 atom stereocenters. The van der Waals surface area contributed by atoms with E-state index in [1.165, 1.54) is 5.69 Å². The monoisotopic (exact) mass is 223 g/mol. The third-order valence-corrected chi connectivity index (χ3v) is 3.11. The Balaban J connectivity index is 2.54. The minimum atomic E-state index is 0.314. The van der Waals surface area contributed by atoms with Crippen LogP contribution in [0.4, 0.5) is 0 Å². The molecular weight excluding hydrogens is 198 g/mol. The maximum Gasteiger partial charge on any atom is 0.0492 e. The molecule has 0 aliphatic heterocycles. The summed E-state index contributed by atoms with van der Waals surface area (Å²) in [6.07, 6.45) is 4.12. The van der Waals surface area contributed by atoms with Crippen LogP contribution >= 0.6 is 0 Å². The molecule has 0 amide bonds. The smallest absolute Gasteiger partial charge is 0.0492 e. The summed E-state index contributed by atoms with van der Waals surface area (Å²) in [6.45, 7) is 10.1. The molecular formula is C13H25N3. The Morgan fingerprint density at radius 1 is 1.44 bits per heavy atom. The number of aromatic nitrogens is 2. The largest absolute Gasteiger partial charge is 0.314 e. The highest BCUT2D eigenvalue weighted by Crippen LogP contribution is 2.23. The molecule has 0 aromatic carbocycles. The summed E-state index contributed by atoms with van der Waals surface area (Å²) in [6, 6.07) is 2.67. The zero-order chi connectivity index (χ0) is 12.2. The van der Waals surface area contributed by atoms with Crippen molar-refractivity contribution in [2.24, 2.45) is 12.5 Å². The van der Waals surface area contributed by atoms with E-state index in [1.807, 2.05) is 17.9 Å². The van der Waals surface area contributed by atoms with E-state index in [0.29, 0.717) is 11.5 Å². The Kier molecular flexibility index (Phi) is 4.54. The molecule has 1 N–H and O–H groups in total. The van der Waals surface area contributed by atoms with Crippen molar-refractivity contribution in [3.8, 4) is 0 Å². The van der Waals surface area contributed by atoms with Crippen molar-refractivity contribution in [3.05, 3.63) is 18.0 Å². The third kappa shape index (κ3) is 3.63. The van der Waals surface area contributed by atoms with Gasteiger partial charge < -0.3 is 5.32 Å². The molecule has 1 unspecified atom stereocenters. The average molecular weight is 223 g/mol. The van der Waals surface area contributed by atoms with Gasteiger partial charge >= 0.3 is 0 Å². The summed E-state index contributed by atoms with van der Waals surface area (Å²) in [4.78, 5) is 0. The van der Waals surface area contributed by atoms with E-state index in [1.54, 1.807) is 0 Å². The maximum atomic E-state index is 4.20. The molecule has 0 aliphatic carbocycles. The zero-order valence-electron chi connectivity index (χ0n) is 11.2. The van der Waals surface area contributed by atoms with Crippen LogP contribution in [-0.2, 0) is 13.5 Å². The van der Waals surface area contributed by atoms with Crippen LogP contribution in [-0.4, -0.2) is 22.4 Å². The summed E-state index contributed by atoms with van der Waals surface area (Å²) >= 11 is 0. The minimum Gasteiger partial charge on any atom is -0.314 e. The lowest BCUT2D eigenvalue weighted by Gasteiger charge is -2.31. The van der Waals surface area contributed by atoms with Crippen molar-refractivity contribution in [3.63, 3.8) is 0 Å². The van der Waals surface area contributed by atoms with Crippen molar-refractivity contribution in [2.45, 2.75) is 46.6 Å². The molecule has 0 spiro atoms. The molecule has 1 heterocycles. The van der Waals surface area contributed by atoms with Crippen LogP contribution in [0.25, 0.3) is 0 Å². The van der Waals surface area contributed by atoms with Crippen molar-refractivity contribution in [1.29, 1.82) is 0 Å². The first-order valence-electron chi connectivity index (χ1n) is 6.15. The molecule has 1 aromatic heterocycles. The number of hydrogen-bond acceptors (Lipinski definition) is 2. The molecule has 0 fully saturated rings. The lowest BCUT2D eigenvalue weighted by atomic mass is 9.83. The highest BCUT2D eigenvalue weighted by atomic mass is 15.2. The van der Waals surface area contributed by atoms with Gasteiger partial charge in [-0.2, -0.15) is 5.10 Å². The SMILES string of the molecule is CCNC(CCc1ccnn1C)C(C)(C)C. The molecule has 3 heteroatoms. The summed E-state index contributed by atoms with van der Waals surface area (Å²) < 4.78 is 1.96. The Labute approximate surface area is 99.2 Å². The molecule has 1 rings (SSSR count). The van der Waals surface area contributed by atoms with Gasteiger partial charge in [-0.15, -0.1) is 0 Å². The van der Waals surface area contributed by atoms with Crippen LogP contribution in [0.5, 0.6) is 0 Å². The molecule has 0 aliphatic rings. The lowest BCUT2D eigenvalue weighted by molar-refractivity contribution is 0.257. The van der Waals surface area contributed by atoms with Crippen molar-refractivity contribution in [1.82, 2.24) is 15.1 Å². The van der Waals surface area contributed by atoms with Gasteiger partial charge in [0.25, 0.3) is 0 Å². The van der Waals surface area contributed by atoms with E-state index < -0.39 is 0 Å². The minimum absolute atomic E-state index is 0.314. The van der Waals surface area contributed by atoms with Gasteiger partial charge in [-0.1, -0.05) is 27.7 Å². The van der Waals surface area contributed by atoms with Crippen LogP contribution in [0.1, 0.15) is 39.8 Å². The summed E-state index contributed by atoms with van der Waals surface area (Å²) in [5, 5.41) is 7.77. The Morgan fingerprint density at radius 2 is 2.12 bits per heavy atom. The molecule has 0 saturated heterocycles. The van der Waals surface area contributed by atoms with E-state index in [2.05, 4.69) is 44.2 Å². The van der Waals surface area contributed by atoms with Gasteiger partial charge in [-0.3, -0.25) is 4.68 Å². The van der Waals surface area contributed by atoms with Gasteiger partial charge in [-0.05, 0) is 30.9 Å². The topological polar surface area (TPSA) is 29.9 Å². The molecule has 92 valence electrons. The van der Waals surface area contributed by atoms with Crippen LogP contribution < -0.4 is 5.32 Å². The normalized spacial score (nSPS) is 14.1. The number of rotatable bonds is 5. The average Bonchev–Trinajstić information content (AvgIpc) is 2.57. The van der Waals surface area contributed by atoms with Gasteiger partial charge in [0.15, 0.2) is 0 Å². The summed E-state index contributed by atoms with van der Waals surface area (Å²) in [5.74, 6) is 0. The fourth-order valence-corrected chi connectivity index (χ4v) is 2.03. The predicted octanol–water partition coefficient (Wildman–Crippen LogP) is 2.38. The first-order valence-corrected chi connectivity index (χ1v) is 6.15. The molecule has 0 saturated carbocycles. The first-order chi connectivity index (χ1) is 7.45. The van der Waals surface area contributed by atoms with Gasteiger partial charge in [0.2, 0.25) is 0 Å². The highest BCUT2D eigenvalue weighted by molar-refractivity contribution is 5.01. The lowest BCUT2D eigenvalue weighted by Crippen LogP contribution is -2.40. The van der Waals surface area contributed by atoms with Gasteiger partial charge in [0, 0.05) is 25.0 Å². The quantitative estimate of drug-likeness (QED) is 0.830. The number of aryl methyl sites for hydroxylation is 2. The van der Waals surface area contributed by atoms with E-state index >= 15 is 0 Å². The number of nitrogens with zero attached hydrogens (tertiary/aromatic N) is 2. The number of nitrogens with one attached hydrogen (secondary N) is 1. The van der Waals surface area contributed by atoms with E-state index in [4.69, 9.17) is 0 Å². The fourth-order valence-electron chi connectivity index (χ4n) is 2.03. The van der Waals surface area contributed by atoms with Crippen LogP contribution in [0.2, 0.25) is 0 Å². The second-order valence-corrected chi connectivity index (χ2v) is 5.46. The molecule has 3 nitrogen and oxygen atoms in total.